The molecule has 3 aliphatic rings. The summed E-state index contributed by atoms with van der Waals surface area (Å²) in [5.74, 6) is -2.10. The summed E-state index contributed by atoms with van der Waals surface area (Å²) < 4.78 is 51.6. The molecular formula is C18H20F4N2O4S. The number of hydrogen-bond donors (Lipinski definition) is 1. The van der Waals surface area contributed by atoms with Gasteiger partial charge in [0, 0.05) is 31.2 Å². The average molecular weight is 436 g/mol. The normalized spacial score (nSPS) is 23.7. The molecule has 1 N–H and O–H groups in total. The quantitative estimate of drug-likeness (QED) is 0.732. The number of carboxylic acid groups (broad SMARTS) is 1. The molecular weight excluding hydrogens is 416 g/mol. The van der Waals surface area contributed by atoms with Crippen LogP contribution in [-0.4, -0.2) is 68.4 Å². The van der Waals surface area contributed by atoms with Gasteiger partial charge < -0.3 is 14.7 Å². The highest BCUT2D eigenvalue weighted by Crippen LogP contribution is 2.49. The predicted molar refractivity (Wildman–Crippen MR) is 96.0 cm³/mol. The van der Waals surface area contributed by atoms with Crippen molar-refractivity contribution in [2.45, 2.75) is 48.6 Å². The van der Waals surface area contributed by atoms with Gasteiger partial charge in [-0.05, 0) is 30.9 Å². The second-order valence-corrected chi connectivity index (χ2v) is 8.91. The second-order valence-electron chi connectivity index (χ2n) is 7.42. The second kappa shape index (κ2) is 8.10. The first-order valence-corrected chi connectivity index (χ1v) is 9.94. The number of amides is 1. The van der Waals surface area contributed by atoms with Gasteiger partial charge in [0.25, 0.3) is 5.91 Å². The van der Waals surface area contributed by atoms with Gasteiger partial charge in [0.1, 0.15) is 0 Å². The first-order chi connectivity index (χ1) is 13.5. The maximum absolute atomic E-state index is 13.8. The molecule has 1 amide bonds. The van der Waals surface area contributed by atoms with Gasteiger partial charge in [0.15, 0.2) is 5.67 Å². The lowest BCUT2D eigenvalue weighted by Gasteiger charge is -2.48. The Morgan fingerprint density at radius 2 is 2.00 bits per heavy atom. The van der Waals surface area contributed by atoms with E-state index < -0.39 is 17.8 Å². The summed E-state index contributed by atoms with van der Waals surface area (Å²) in [5.41, 5.74) is -0.451. The number of thioether (sulfide) groups is 1. The van der Waals surface area contributed by atoms with Crippen LogP contribution in [0.25, 0.3) is 0 Å². The molecule has 0 aromatic carbocycles. The van der Waals surface area contributed by atoms with Crippen LogP contribution in [0, 0.1) is 0 Å². The number of nitrogens with zero attached hydrogens (tertiary/aromatic N) is 2. The lowest BCUT2D eigenvalue weighted by Crippen LogP contribution is -2.62. The number of halogens is 4. The van der Waals surface area contributed by atoms with E-state index in [-0.39, 0.29) is 16.8 Å². The lowest BCUT2D eigenvalue weighted by molar-refractivity contribution is -0.192. The maximum atomic E-state index is 13.8. The molecule has 1 aromatic rings. The highest BCUT2D eigenvalue weighted by molar-refractivity contribution is 8.01. The van der Waals surface area contributed by atoms with E-state index >= 15 is 0 Å². The van der Waals surface area contributed by atoms with E-state index in [1.165, 1.54) is 0 Å². The number of alkyl halides is 4. The summed E-state index contributed by atoms with van der Waals surface area (Å²) in [6.07, 6.45) is 0.446. The van der Waals surface area contributed by atoms with Crippen LogP contribution < -0.4 is 0 Å². The molecule has 1 saturated carbocycles. The minimum Gasteiger partial charge on any atom is -0.475 e. The molecule has 1 spiro atoms. The number of carbonyl (C=O) groups is 2. The standard InChI is InChI=1S/C16H19FN2O2S.C2HF3O2/c17-16(3-4-16)14(20)19-10-15(11-19)6-13(9-22-15)21-8-12-2-1-5-18-7-12;3-2(4,5)1(6)7/h1-2,5,7,13H,3-4,6,8-11H2;(H,6,7). The van der Waals surface area contributed by atoms with Crippen LogP contribution in [0.5, 0.6) is 0 Å². The molecule has 2 aliphatic heterocycles. The van der Waals surface area contributed by atoms with Crippen LogP contribution in [0.1, 0.15) is 24.8 Å². The molecule has 1 aromatic heterocycles. The third kappa shape index (κ3) is 5.39. The molecule has 1 unspecified atom stereocenters. The molecule has 0 radical (unpaired) electrons. The van der Waals surface area contributed by atoms with E-state index in [0.717, 1.165) is 17.7 Å². The summed E-state index contributed by atoms with van der Waals surface area (Å²) in [6, 6.07) is 3.91. The summed E-state index contributed by atoms with van der Waals surface area (Å²) in [5, 5.41) is 7.12. The van der Waals surface area contributed by atoms with Gasteiger partial charge in [0.05, 0.1) is 17.5 Å². The number of aliphatic carboxylic acids is 1. The van der Waals surface area contributed by atoms with E-state index in [9.17, 15) is 22.4 Å². The number of hydrogen-bond acceptors (Lipinski definition) is 5. The monoisotopic (exact) mass is 436 g/mol. The van der Waals surface area contributed by atoms with Gasteiger partial charge in [-0.3, -0.25) is 9.78 Å². The lowest BCUT2D eigenvalue weighted by atomic mass is 9.92. The zero-order valence-corrected chi connectivity index (χ0v) is 16.1. The third-order valence-electron chi connectivity index (χ3n) is 4.94. The van der Waals surface area contributed by atoms with Crippen LogP contribution >= 0.6 is 11.8 Å². The average Bonchev–Trinajstić information content (AvgIpc) is 3.25. The van der Waals surface area contributed by atoms with Gasteiger partial charge in [0.2, 0.25) is 0 Å². The molecule has 3 heterocycles. The number of pyridine rings is 1. The summed E-state index contributed by atoms with van der Waals surface area (Å²) in [7, 11) is 0. The number of ether oxygens (including phenoxy) is 1. The van der Waals surface area contributed by atoms with Crippen LogP contribution in [0.4, 0.5) is 17.6 Å². The van der Waals surface area contributed by atoms with E-state index in [2.05, 4.69) is 4.98 Å². The van der Waals surface area contributed by atoms with E-state index in [0.29, 0.717) is 32.5 Å². The van der Waals surface area contributed by atoms with Crippen molar-refractivity contribution < 1.29 is 37.0 Å². The molecule has 1 atom stereocenters. The van der Waals surface area contributed by atoms with Crippen LogP contribution in [0.3, 0.4) is 0 Å². The molecule has 0 bridgehead atoms. The molecule has 1 aliphatic carbocycles. The Bertz CT molecular complexity index is 752. The topological polar surface area (TPSA) is 79.7 Å². The smallest absolute Gasteiger partial charge is 0.475 e. The van der Waals surface area contributed by atoms with Crippen molar-refractivity contribution in [2.24, 2.45) is 0 Å². The number of rotatable bonds is 4. The first-order valence-electron chi connectivity index (χ1n) is 8.96. The van der Waals surface area contributed by atoms with Gasteiger partial charge in [-0.1, -0.05) is 6.07 Å². The summed E-state index contributed by atoms with van der Waals surface area (Å²) in [6.45, 7) is 1.93. The maximum Gasteiger partial charge on any atom is 0.490 e. The summed E-state index contributed by atoms with van der Waals surface area (Å²) in [4.78, 5) is 26.6. The molecule has 6 nitrogen and oxygen atoms in total. The fourth-order valence-electron chi connectivity index (χ4n) is 3.23. The third-order valence-corrected chi connectivity index (χ3v) is 6.52. The van der Waals surface area contributed by atoms with Crippen molar-refractivity contribution in [3.63, 3.8) is 0 Å². The number of carbonyl (C=O) groups excluding carboxylic acids is 1. The zero-order valence-electron chi connectivity index (χ0n) is 15.3. The first kappa shape index (κ1) is 21.8. The van der Waals surface area contributed by atoms with E-state index in [1.807, 2.05) is 30.1 Å². The molecule has 160 valence electrons. The minimum absolute atomic E-state index is 0.0977. The predicted octanol–water partition coefficient (Wildman–Crippen LogP) is 2.82. The van der Waals surface area contributed by atoms with Crippen molar-refractivity contribution in [3.8, 4) is 0 Å². The molecule has 2 saturated heterocycles. The van der Waals surface area contributed by atoms with Gasteiger partial charge in [-0.25, -0.2) is 9.18 Å². The largest absolute Gasteiger partial charge is 0.490 e. The number of carboxylic acids is 1. The van der Waals surface area contributed by atoms with Gasteiger partial charge in [-0.15, -0.1) is 11.8 Å². The molecule has 29 heavy (non-hydrogen) atoms. The van der Waals surface area contributed by atoms with Gasteiger partial charge >= 0.3 is 12.1 Å². The summed E-state index contributed by atoms with van der Waals surface area (Å²) >= 11 is 1.87. The van der Waals surface area contributed by atoms with Crippen molar-refractivity contribution in [1.29, 1.82) is 0 Å². The van der Waals surface area contributed by atoms with Gasteiger partial charge in [-0.2, -0.15) is 13.2 Å². The Morgan fingerprint density at radius 1 is 1.34 bits per heavy atom. The van der Waals surface area contributed by atoms with Crippen molar-refractivity contribution in [3.05, 3.63) is 30.1 Å². The molecule has 3 fully saturated rings. The van der Waals surface area contributed by atoms with Crippen LogP contribution in [0.2, 0.25) is 0 Å². The SMILES string of the molecule is O=C(N1CC2(CC(OCc3cccnc3)CS2)C1)C1(F)CC1.O=C(O)C(F)(F)F. The fraction of sp³-hybridized carbons (Fsp3) is 0.611. The Labute approximate surface area is 168 Å². The fourth-order valence-corrected chi connectivity index (χ4v) is 4.78. The van der Waals surface area contributed by atoms with Crippen LogP contribution in [0.15, 0.2) is 24.5 Å². The Kier molecular flexibility index (Phi) is 6.09. The highest BCUT2D eigenvalue weighted by Gasteiger charge is 2.59. The van der Waals surface area contributed by atoms with Crippen molar-refractivity contribution >= 4 is 23.6 Å². The number of likely N-dealkylation sites (tertiary alicyclic amines) is 1. The molecule has 4 rings (SSSR count). The Balaban J connectivity index is 0.000000298. The van der Waals surface area contributed by atoms with E-state index in [1.54, 1.807) is 11.1 Å². The Morgan fingerprint density at radius 3 is 2.52 bits per heavy atom. The Hall–Kier alpha value is -1.88. The van der Waals surface area contributed by atoms with Crippen molar-refractivity contribution in [1.82, 2.24) is 9.88 Å². The number of aromatic nitrogens is 1. The van der Waals surface area contributed by atoms with E-state index in [4.69, 9.17) is 14.6 Å². The van der Waals surface area contributed by atoms with Crippen molar-refractivity contribution in [2.75, 3.05) is 18.8 Å². The van der Waals surface area contributed by atoms with Crippen LogP contribution in [-0.2, 0) is 20.9 Å². The highest BCUT2D eigenvalue weighted by atomic mass is 32.2. The zero-order chi connectivity index (χ0) is 21.3. The molecule has 11 heteroatoms. The minimum atomic E-state index is -5.08.